The van der Waals surface area contributed by atoms with Crippen molar-refractivity contribution in [2.45, 2.75) is 38.6 Å². The number of pyridine rings is 2. The Kier molecular flexibility index (Phi) is 6.17. The Morgan fingerprint density at radius 3 is 2.67 bits per heavy atom. The lowest BCUT2D eigenvalue weighted by Crippen LogP contribution is -2.19. The van der Waals surface area contributed by atoms with Crippen LogP contribution in [0, 0.1) is 6.92 Å². The maximum absolute atomic E-state index is 13.1. The number of amides is 1. The molecule has 3 aromatic heterocycles. The summed E-state index contributed by atoms with van der Waals surface area (Å²) in [7, 11) is 0. The number of aromatic nitrogens is 2. The predicted molar refractivity (Wildman–Crippen MR) is 134 cm³/mol. The summed E-state index contributed by atoms with van der Waals surface area (Å²) in [6, 6.07) is 17.3. The van der Waals surface area contributed by atoms with E-state index >= 15 is 0 Å². The number of hydrogen-bond donors (Lipinski definition) is 2. The maximum Gasteiger partial charge on any atom is 0.256 e. The molecule has 0 fully saturated rings. The van der Waals surface area contributed by atoms with Crippen LogP contribution in [0.3, 0.4) is 0 Å². The molecule has 166 valence electrons. The van der Waals surface area contributed by atoms with E-state index < -0.39 is 0 Å². The van der Waals surface area contributed by atoms with E-state index in [2.05, 4.69) is 33.6 Å². The van der Waals surface area contributed by atoms with E-state index in [4.69, 9.17) is 0 Å². The number of carbonyl (C=O) groups excluding carboxylic acids is 1. The summed E-state index contributed by atoms with van der Waals surface area (Å²) >= 11 is 1.71. The molecular formula is C27H26N4OS. The Bertz CT molecular complexity index is 1250. The van der Waals surface area contributed by atoms with Crippen molar-refractivity contribution >= 4 is 28.1 Å². The van der Waals surface area contributed by atoms with Crippen LogP contribution < -0.4 is 10.6 Å². The number of anilines is 2. The summed E-state index contributed by atoms with van der Waals surface area (Å²) < 4.78 is 0. The molecule has 0 spiro atoms. The highest BCUT2D eigenvalue weighted by Crippen LogP contribution is 2.44. The largest absolute Gasteiger partial charge is 0.359 e. The van der Waals surface area contributed by atoms with E-state index in [1.165, 1.54) is 16.9 Å². The SMILES string of the molecule is Cc1ccnc(NC(c2cccnc2)c2c(NC(=O)c3ccccc3)sc3c2CCCC3)c1. The molecule has 3 heterocycles. The highest BCUT2D eigenvalue weighted by Gasteiger charge is 2.29. The van der Waals surface area contributed by atoms with Gasteiger partial charge in [-0.1, -0.05) is 24.3 Å². The first-order chi connectivity index (χ1) is 16.2. The topological polar surface area (TPSA) is 66.9 Å². The molecular weight excluding hydrogens is 428 g/mol. The van der Waals surface area contributed by atoms with Gasteiger partial charge in [-0.2, -0.15) is 0 Å². The molecule has 5 rings (SSSR count). The van der Waals surface area contributed by atoms with Crippen LogP contribution in [0.5, 0.6) is 0 Å². The van der Waals surface area contributed by atoms with Crippen LogP contribution in [0.25, 0.3) is 0 Å². The fraction of sp³-hybridized carbons (Fsp3) is 0.222. The number of thiophene rings is 1. The van der Waals surface area contributed by atoms with E-state index in [0.29, 0.717) is 5.56 Å². The van der Waals surface area contributed by atoms with Gasteiger partial charge in [0.05, 0.1) is 6.04 Å². The number of hydrogen-bond acceptors (Lipinski definition) is 5. The number of rotatable bonds is 6. The zero-order valence-electron chi connectivity index (χ0n) is 18.5. The van der Waals surface area contributed by atoms with Crippen LogP contribution in [0.1, 0.15) is 56.4 Å². The van der Waals surface area contributed by atoms with Crippen molar-refractivity contribution in [1.29, 1.82) is 0 Å². The van der Waals surface area contributed by atoms with Crippen LogP contribution in [0.4, 0.5) is 10.8 Å². The minimum Gasteiger partial charge on any atom is -0.359 e. The quantitative estimate of drug-likeness (QED) is 0.365. The second-order valence-electron chi connectivity index (χ2n) is 8.36. The van der Waals surface area contributed by atoms with Gasteiger partial charge in [-0.25, -0.2) is 4.98 Å². The minimum absolute atomic E-state index is 0.0888. The van der Waals surface area contributed by atoms with Crippen LogP contribution in [0.2, 0.25) is 0 Å². The van der Waals surface area contributed by atoms with Crippen LogP contribution in [-0.2, 0) is 12.8 Å². The molecule has 2 N–H and O–H groups in total. The Morgan fingerprint density at radius 2 is 1.88 bits per heavy atom. The Morgan fingerprint density at radius 1 is 1.03 bits per heavy atom. The normalized spacial score (nSPS) is 13.7. The van der Waals surface area contributed by atoms with Crippen molar-refractivity contribution in [2.24, 2.45) is 0 Å². The molecule has 0 aliphatic heterocycles. The van der Waals surface area contributed by atoms with Gasteiger partial charge in [0.1, 0.15) is 10.8 Å². The van der Waals surface area contributed by atoms with Gasteiger partial charge in [-0.15, -0.1) is 11.3 Å². The lowest BCUT2D eigenvalue weighted by Gasteiger charge is -2.24. The first-order valence-electron chi connectivity index (χ1n) is 11.3. The molecule has 1 amide bonds. The lowest BCUT2D eigenvalue weighted by molar-refractivity contribution is 0.102. The average Bonchev–Trinajstić information content (AvgIpc) is 3.21. The molecule has 0 saturated carbocycles. The summed E-state index contributed by atoms with van der Waals surface area (Å²) in [6.07, 6.45) is 9.91. The standard InChI is InChI=1S/C27H26N4OS/c1-18-13-15-29-23(16-18)30-25(20-10-7-14-28-17-20)24-21-11-5-6-12-22(21)33-27(24)31-26(32)19-8-3-2-4-9-19/h2-4,7-10,13-17,25H,5-6,11-12H2,1H3,(H,29,30)(H,31,32). The van der Waals surface area contributed by atoms with Gasteiger partial charge >= 0.3 is 0 Å². The molecule has 4 aromatic rings. The number of nitrogens with zero attached hydrogens (tertiary/aromatic N) is 2. The van der Waals surface area contributed by atoms with Gasteiger partial charge in [0.15, 0.2) is 0 Å². The molecule has 0 bridgehead atoms. The number of nitrogens with one attached hydrogen (secondary N) is 2. The lowest BCUT2D eigenvalue weighted by atomic mass is 9.90. The van der Waals surface area contributed by atoms with E-state index in [1.807, 2.05) is 60.9 Å². The van der Waals surface area contributed by atoms with Crippen molar-refractivity contribution in [1.82, 2.24) is 9.97 Å². The van der Waals surface area contributed by atoms with Gasteiger partial charge in [0, 0.05) is 34.6 Å². The fourth-order valence-electron chi connectivity index (χ4n) is 4.39. The number of benzene rings is 1. The molecule has 5 nitrogen and oxygen atoms in total. The summed E-state index contributed by atoms with van der Waals surface area (Å²) in [5.41, 5.74) is 5.32. The first kappa shape index (κ1) is 21.3. The first-order valence-corrected chi connectivity index (χ1v) is 12.1. The summed E-state index contributed by atoms with van der Waals surface area (Å²) in [4.78, 5) is 23.4. The van der Waals surface area contributed by atoms with Crippen molar-refractivity contribution in [3.05, 3.63) is 106 Å². The molecule has 1 unspecified atom stereocenters. The van der Waals surface area contributed by atoms with Crippen LogP contribution in [-0.4, -0.2) is 15.9 Å². The Hall–Kier alpha value is -3.51. The summed E-state index contributed by atoms with van der Waals surface area (Å²) in [5.74, 6) is 0.717. The highest BCUT2D eigenvalue weighted by molar-refractivity contribution is 7.16. The van der Waals surface area contributed by atoms with E-state index in [1.54, 1.807) is 17.5 Å². The van der Waals surface area contributed by atoms with E-state index in [-0.39, 0.29) is 11.9 Å². The molecule has 0 radical (unpaired) electrons. The number of carbonyl (C=O) groups is 1. The molecule has 6 heteroatoms. The zero-order chi connectivity index (χ0) is 22.6. The van der Waals surface area contributed by atoms with E-state index in [9.17, 15) is 4.79 Å². The Labute approximate surface area is 197 Å². The van der Waals surface area contributed by atoms with Crippen molar-refractivity contribution < 1.29 is 4.79 Å². The van der Waals surface area contributed by atoms with E-state index in [0.717, 1.165) is 46.8 Å². The zero-order valence-corrected chi connectivity index (χ0v) is 19.4. The number of fused-ring (bicyclic) bond motifs is 1. The third kappa shape index (κ3) is 4.66. The van der Waals surface area contributed by atoms with Crippen molar-refractivity contribution in [2.75, 3.05) is 10.6 Å². The molecule has 33 heavy (non-hydrogen) atoms. The molecule has 1 atom stereocenters. The maximum atomic E-state index is 13.1. The third-order valence-corrected chi connectivity index (χ3v) is 7.21. The van der Waals surface area contributed by atoms with Gasteiger partial charge in [0.2, 0.25) is 0 Å². The third-order valence-electron chi connectivity index (χ3n) is 5.99. The summed E-state index contributed by atoms with van der Waals surface area (Å²) in [6.45, 7) is 2.06. The molecule has 0 saturated heterocycles. The van der Waals surface area contributed by atoms with Crippen molar-refractivity contribution in [3.63, 3.8) is 0 Å². The highest BCUT2D eigenvalue weighted by atomic mass is 32.1. The van der Waals surface area contributed by atoms with Gasteiger partial charge in [-0.3, -0.25) is 9.78 Å². The van der Waals surface area contributed by atoms with Gasteiger partial charge in [0.25, 0.3) is 5.91 Å². The molecule has 1 aromatic carbocycles. The van der Waals surface area contributed by atoms with Crippen molar-refractivity contribution in [3.8, 4) is 0 Å². The molecule has 1 aliphatic rings. The van der Waals surface area contributed by atoms with Crippen LogP contribution >= 0.6 is 11.3 Å². The Balaban J connectivity index is 1.60. The average molecular weight is 455 g/mol. The second-order valence-corrected chi connectivity index (χ2v) is 9.46. The fourth-order valence-corrected chi connectivity index (χ4v) is 5.71. The monoisotopic (exact) mass is 454 g/mol. The predicted octanol–water partition coefficient (Wildman–Crippen LogP) is 6.18. The smallest absolute Gasteiger partial charge is 0.256 e. The second kappa shape index (κ2) is 9.55. The van der Waals surface area contributed by atoms with Crippen LogP contribution in [0.15, 0.2) is 73.2 Å². The summed E-state index contributed by atoms with van der Waals surface area (Å²) in [5, 5.41) is 7.78. The minimum atomic E-state index is -0.169. The van der Waals surface area contributed by atoms with Gasteiger partial charge < -0.3 is 10.6 Å². The number of aryl methyl sites for hydroxylation is 2. The molecule has 1 aliphatic carbocycles. The van der Waals surface area contributed by atoms with Gasteiger partial charge in [-0.05, 0) is 79.6 Å².